The Bertz CT molecular complexity index is 620. The minimum absolute atomic E-state index is 0.241. The van der Waals surface area contributed by atoms with Crippen molar-refractivity contribution < 1.29 is 19.1 Å². The monoisotopic (exact) mass is 318 g/mol. The first-order valence-corrected chi connectivity index (χ1v) is 7.51. The normalized spacial score (nSPS) is 17.6. The molecule has 0 fully saturated rings. The molecule has 0 aliphatic carbocycles. The summed E-state index contributed by atoms with van der Waals surface area (Å²) in [5.74, 6) is 0.522. The van der Waals surface area contributed by atoms with Crippen molar-refractivity contribution in [2.45, 2.75) is 26.8 Å². The van der Waals surface area contributed by atoms with Gasteiger partial charge in [-0.05, 0) is 30.5 Å². The third kappa shape index (κ3) is 4.03. The molecule has 0 aromatic heterocycles. The minimum atomic E-state index is -0.547. The molecule has 0 bridgehead atoms. The zero-order chi connectivity index (χ0) is 17.0. The zero-order valence-corrected chi connectivity index (χ0v) is 13.8. The van der Waals surface area contributed by atoms with Crippen molar-refractivity contribution >= 4 is 12.0 Å². The standard InChI is InChI=1S/C17H22N2O4/c1-10(2)9-23-16(20)14-11(3)18-17(21)19-15(14)12-5-7-13(22-4)8-6-12/h5-8,10,15H,9H2,1-4H3,(H2,18,19,21)/t15-/m0/s1. The van der Waals surface area contributed by atoms with Crippen LogP contribution in [-0.2, 0) is 9.53 Å². The summed E-state index contributed by atoms with van der Waals surface area (Å²) >= 11 is 0. The molecule has 0 unspecified atom stereocenters. The lowest BCUT2D eigenvalue weighted by Gasteiger charge is -2.28. The van der Waals surface area contributed by atoms with E-state index in [4.69, 9.17) is 9.47 Å². The number of amides is 2. The van der Waals surface area contributed by atoms with Gasteiger partial charge in [-0.3, -0.25) is 0 Å². The quantitative estimate of drug-likeness (QED) is 0.818. The largest absolute Gasteiger partial charge is 0.497 e. The van der Waals surface area contributed by atoms with Gasteiger partial charge in [-0.15, -0.1) is 0 Å². The number of methoxy groups -OCH3 is 1. The second-order valence-electron chi connectivity index (χ2n) is 5.84. The molecule has 1 aliphatic heterocycles. The number of allylic oxidation sites excluding steroid dienone is 1. The highest BCUT2D eigenvalue weighted by Crippen LogP contribution is 2.28. The second kappa shape index (κ2) is 7.17. The molecule has 0 saturated carbocycles. The molecule has 0 radical (unpaired) electrons. The van der Waals surface area contributed by atoms with Crippen molar-refractivity contribution in [3.63, 3.8) is 0 Å². The number of hydrogen-bond donors (Lipinski definition) is 2. The SMILES string of the molecule is COc1ccc([C@@H]2NC(=O)NC(C)=C2C(=O)OCC(C)C)cc1. The maximum atomic E-state index is 12.4. The molecular weight excluding hydrogens is 296 g/mol. The smallest absolute Gasteiger partial charge is 0.338 e. The summed E-state index contributed by atoms with van der Waals surface area (Å²) in [5, 5.41) is 5.39. The van der Waals surface area contributed by atoms with Crippen LogP contribution in [-0.4, -0.2) is 25.7 Å². The molecule has 6 heteroatoms. The number of benzene rings is 1. The highest BCUT2D eigenvalue weighted by molar-refractivity contribution is 5.95. The van der Waals surface area contributed by atoms with Gasteiger partial charge in [0, 0.05) is 5.70 Å². The van der Waals surface area contributed by atoms with E-state index in [0.717, 1.165) is 5.56 Å². The van der Waals surface area contributed by atoms with Crippen LogP contribution in [0, 0.1) is 5.92 Å². The third-order valence-corrected chi connectivity index (χ3v) is 3.49. The molecule has 6 nitrogen and oxygen atoms in total. The van der Waals surface area contributed by atoms with Gasteiger partial charge in [-0.25, -0.2) is 9.59 Å². The number of hydrogen-bond acceptors (Lipinski definition) is 4. The highest BCUT2D eigenvalue weighted by atomic mass is 16.5. The van der Waals surface area contributed by atoms with Crippen molar-refractivity contribution in [2.75, 3.05) is 13.7 Å². The van der Waals surface area contributed by atoms with E-state index in [1.165, 1.54) is 0 Å². The first-order chi connectivity index (χ1) is 10.9. The summed E-state index contributed by atoms with van der Waals surface area (Å²) in [6.45, 7) is 5.97. The molecule has 1 heterocycles. The van der Waals surface area contributed by atoms with Gasteiger partial charge in [0.2, 0.25) is 0 Å². The summed E-state index contributed by atoms with van der Waals surface area (Å²) in [6, 6.07) is 6.32. The third-order valence-electron chi connectivity index (χ3n) is 3.49. The number of ether oxygens (including phenoxy) is 2. The number of carbonyl (C=O) groups excluding carboxylic acids is 2. The molecule has 2 N–H and O–H groups in total. The van der Waals surface area contributed by atoms with Gasteiger partial charge >= 0.3 is 12.0 Å². The van der Waals surface area contributed by atoms with Crippen molar-refractivity contribution in [1.29, 1.82) is 0 Å². The average Bonchev–Trinajstić information content (AvgIpc) is 2.52. The number of rotatable bonds is 5. The van der Waals surface area contributed by atoms with Gasteiger partial charge in [-0.1, -0.05) is 26.0 Å². The van der Waals surface area contributed by atoms with Crippen molar-refractivity contribution in [1.82, 2.24) is 10.6 Å². The number of nitrogens with one attached hydrogen (secondary N) is 2. The fourth-order valence-electron chi connectivity index (χ4n) is 2.33. The van der Waals surface area contributed by atoms with Crippen molar-refractivity contribution in [3.05, 3.63) is 41.1 Å². The Morgan fingerprint density at radius 3 is 2.48 bits per heavy atom. The van der Waals surface area contributed by atoms with E-state index in [2.05, 4.69) is 10.6 Å². The maximum Gasteiger partial charge on any atom is 0.338 e. The zero-order valence-electron chi connectivity index (χ0n) is 13.8. The lowest BCUT2D eigenvalue weighted by atomic mass is 9.95. The fourth-order valence-corrected chi connectivity index (χ4v) is 2.33. The molecule has 2 rings (SSSR count). The van der Waals surface area contributed by atoms with Crippen LogP contribution in [0.25, 0.3) is 0 Å². The van der Waals surface area contributed by atoms with Crippen LogP contribution in [0.4, 0.5) is 4.79 Å². The molecular formula is C17H22N2O4. The molecule has 124 valence electrons. The first-order valence-electron chi connectivity index (χ1n) is 7.51. The Labute approximate surface area is 135 Å². The molecule has 1 aromatic rings. The number of carbonyl (C=O) groups is 2. The molecule has 0 spiro atoms. The Morgan fingerprint density at radius 1 is 1.26 bits per heavy atom. The lowest BCUT2D eigenvalue weighted by molar-refractivity contribution is -0.140. The predicted molar refractivity (Wildman–Crippen MR) is 85.9 cm³/mol. The maximum absolute atomic E-state index is 12.4. The fraction of sp³-hybridized carbons (Fsp3) is 0.412. The van der Waals surface area contributed by atoms with E-state index in [9.17, 15) is 9.59 Å². The molecule has 1 atom stereocenters. The molecule has 1 aliphatic rings. The van der Waals surface area contributed by atoms with E-state index in [0.29, 0.717) is 23.6 Å². The molecule has 0 saturated heterocycles. The van der Waals surface area contributed by atoms with E-state index in [-0.39, 0.29) is 11.9 Å². The molecule has 1 aromatic carbocycles. The Kier molecular flexibility index (Phi) is 5.26. The van der Waals surface area contributed by atoms with Crippen LogP contribution in [0.3, 0.4) is 0 Å². The van der Waals surface area contributed by atoms with Gasteiger partial charge in [0.1, 0.15) is 5.75 Å². The topological polar surface area (TPSA) is 76.7 Å². The summed E-state index contributed by atoms with van der Waals surface area (Å²) in [5.41, 5.74) is 1.70. The first kappa shape index (κ1) is 16.9. The lowest BCUT2D eigenvalue weighted by Crippen LogP contribution is -2.45. The summed E-state index contributed by atoms with van der Waals surface area (Å²) in [7, 11) is 1.58. The van der Waals surface area contributed by atoms with Crippen LogP contribution >= 0.6 is 0 Å². The Balaban J connectivity index is 2.31. The van der Waals surface area contributed by atoms with Crippen LogP contribution in [0.15, 0.2) is 35.5 Å². The van der Waals surface area contributed by atoms with Crippen LogP contribution in [0.5, 0.6) is 5.75 Å². The van der Waals surface area contributed by atoms with E-state index < -0.39 is 12.0 Å². The van der Waals surface area contributed by atoms with Gasteiger partial charge in [0.15, 0.2) is 0 Å². The molecule has 23 heavy (non-hydrogen) atoms. The van der Waals surface area contributed by atoms with Gasteiger partial charge in [0.25, 0.3) is 0 Å². The highest BCUT2D eigenvalue weighted by Gasteiger charge is 2.32. The van der Waals surface area contributed by atoms with Crippen LogP contribution < -0.4 is 15.4 Å². The number of esters is 1. The van der Waals surface area contributed by atoms with Crippen molar-refractivity contribution in [3.8, 4) is 5.75 Å². The predicted octanol–water partition coefficient (Wildman–Crippen LogP) is 2.52. The van der Waals surface area contributed by atoms with Crippen LogP contribution in [0.1, 0.15) is 32.4 Å². The summed E-state index contributed by atoms with van der Waals surface area (Å²) in [4.78, 5) is 24.2. The average molecular weight is 318 g/mol. The van der Waals surface area contributed by atoms with Crippen molar-refractivity contribution in [2.24, 2.45) is 5.92 Å². The molecule has 2 amide bonds. The second-order valence-corrected chi connectivity index (χ2v) is 5.84. The van der Waals surface area contributed by atoms with Gasteiger partial charge in [0.05, 0.1) is 25.3 Å². The van der Waals surface area contributed by atoms with E-state index in [1.807, 2.05) is 26.0 Å². The summed E-state index contributed by atoms with van der Waals surface area (Å²) < 4.78 is 10.5. The van der Waals surface area contributed by atoms with E-state index in [1.54, 1.807) is 26.2 Å². The van der Waals surface area contributed by atoms with E-state index >= 15 is 0 Å². The summed E-state index contributed by atoms with van der Waals surface area (Å²) in [6.07, 6.45) is 0. The Hall–Kier alpha value is -2.50. The van der Waals surface area contributed by atoms with Gasteiger partial charge < -0.3 is 20.1 Å². The number of urea groups is 1. The van der Waals surface area contributed by atoms with Gasteiger partial charge in [-0.2, -0.15) is 0 Å². The minimum Gasteiger partial charge on any atom is -0.497 e. The Morgan fingerprint density at radius 2 is 1.91 bits per heavy atom. The van der Waals surface area contributed by atoms with Crippen LogP contribution in [0.2, 0.25) is 0 Å².